The molecule has 10 heteroatoms. The van der Waals surface area contributed by atoms with Crippen LogP contribution in [0, 0.1) is 6.92 Å². The molecule has 0 unspecified atom stereocenters. The second-order valence-corrected chi connectivity index (χ2v) is 6.38. The van der Waals surface area contributed by atoms with Crippen LogP contribution in [-0.2, 0) is 0 Å². The Hall–Kier alpha value is -4.21. The molecular formula is C20H19N7O3. The SMILES string of the molecule is Cc1ccnc(Nc2ccc(NCCNC(=O)c3cc(-c4ccco4)on3)nn2)c1. The molecule has 0 saturated carbocycles. The molecule has 0 saturated heterocycles. The summed E-state index contributed by atoms with van der Waals surface area (Å²) in [5.41, 5.74) is 1.28. The number of hydrogen-bond donors (Lipinski definition) is 3. The second-order valence-electron chi connectivity index (χ2n) is 6.38. The quantitative estimate of drug-likeness (QED) is 0.379. The van der Waals surface area contributed by atoms with Gasteiger partial charge in [-0.25, -0.2) is 4.98 Å². The zero-order chi connectivity index (χ0) is 20.8. The summed E-state index contributed by atoms with van der Waals surface area (Å²) in [5.74, 6) is 2.45. The van der Waals surface area contributed by atoms with Gasteiger partial charge < -0.3 is 24.9 Å². The third-order valence-electron chi connectivity index (χ3n) is 4.06. The van der Waals surface area contributed by atoms with Crippen molar-refractivity contribution in [2.45, 2.75) is 6.92 Å². The lowest BCUT2D eigenvalue weighted by atomic mass is 10.3. The average Bonchev–Trinajstić information content (AvgIpc) is 3.44. The number of pyridine rings is 1. The number of nitrogens with zero attached hydrogens (tertiary/aromatic N) is 4. The Balaban J connectivity index is 1.22. The molecule has 30 heavy (non-hydrogen) atoms. The van der Waals surface area contributed by atoms with Crippen molar-refractivity contribution in [1.29, 1.82) is 0 Å². The summed E-state index contributed by atoms with van der Waals surface area (Å²) < 4.78 is 10.3. The van der Waals surface area contributed by atoms with E-state index >= 15 is 0 Å². The van der Waals surface area contributed by atoms with Gasteiger partial charge in [-0.2, -0.15) is 0 Å². The minimum atomic E-state index is -0.338. The molecule has 10 nitrogen and oxygen atoms in total. The highest BCUT2D eigenvalue weighted by atomic mass is 16.5. The van der Waals surface area contributed by atoms with Crippen LogP contribution in [0.1, 0.15) is 16.1 Å². The molecule has 0 aliphatic rings. The molecule has 0 fully saturated rings. The number of anilines is 3. The van der Waals surface area contributed by atoms with Crippen molar-refractivity contribution in [2.75, 3.05) is 23.7 Å². The first kappa shape index (κ1) is 19.1. The smallest absolute Gasteiger partial charge is 0.273 e. The lowest BCUT2D eigenvalue weighted by Gasteiger charge is -2.07. The van der Waals surface area contributed by atoms with Gasteiger partial charge in [-0.05, 0) is 48.9 Å². The Kier molecular flexibility index (Phi) is 5.65. The van der Waals surface area contributed by atoms with Crippen molar-refractivity contribution < 1.29 is 13.7 Å². The highest BCUT2D eigenvalue weighted by Crippen LogP contribution is 2.20. The van der Waals surface area contributed by atoms with Crippen molar-refractivity contribution in [2.24, 2.45) is 0 Å². The van der Waals surface area contributed by atoms with Crippen LogP contribution < -0.4 is 16.0 Å². The highest BCUT2D eigenvalue weighted by molar-refractivity contribution is 5.92. The normalized spacial score (nSPS) is 10.6. The van der Waals surface area contributed by atoms with Gasteiger partial charge in [0, 0.05) is 25.4 Å². The van der Waals surface area contributed by atoms with Crippen LogP contribution in [0.4, 0.5) is 17.5 Å². The molecule has 1 amide bonds. The Morgan fingerprint density at radius 2 is 1.87 bits per heavy atom. The molecule has 0 atom stereocenters. The molecule has 4 heterocycles. The molecule has 0 spiro atoms. The molecule has 0 bridgehead atoms. The fourth-order valence-electron chi connectivity index (χ4n) is 2.60. The predicted octanol–water partition coefficient (Wildman–Crippen LogP) is 3.01. The summed E-state index contributed by atoms with van der Waals surface area (Å²) >= 11 is 0. The number of aryl methyl sites for hydroxylation is 1. The van der Waals surface area contributed by atoms with Crippen LogP contribution >= 0.6 is 0 Å². The number of rotatable bonds is 8. The number of hydrogen-bond acceptors (Lipinski definition) is 9. The molecule has 4 rings (SSSR count). The van der Waals surface area contributed by atoms with Gasteiger partial charge in [0.1, 0.15) is 11.6 Å². The van der Waals surface area contributed by atoms with E-state index in [2.05, 4.69) is 36.3 Å². The maximum absolute atomic E-state index is 12.1. The number of carbonyl (C=O) groups is 1. The molecule has 0 aliphatic carbocycles. The first-order valence-corrected chi connectivity index (χ1v) is 9.23. The van der Waals surface area contributed by atoms with Gasteiger partial charge in [-0.3, -0.25) is 4.79 Å². The molecule has 4 aromatic rings. The van der Waals surface area contributed by atoms with Crippen LogP contribution in [0.2, 0.25) is 0 Å². The summed E-state index contributed by atoms with van der Waals surface area (Å²) in [6.07, 6.45) is 3.25. The van der Waals surface area contributed by atoms with Crippen LogP contribution in [0.25, 0.3) is 11.5 Å². The van der Waals surface area contributed by atoms with Crippen molar-refractivity contribution in [3.8, 4) is 11.5 Å². The molecule has 3 N–H and O–H groups in total. The number of furan rings is 1. The summed E-state index contributed by atoms with van der Waals surface area (Å²) in [6.45, 7) is 2.83. The van der Waals surface area contributed by atoms with E-state index in [-0.39, 0.29) is 11.6 Å². The molecule has 0 aliphatic heterocycles. The van der Waals surface area contributed by atoms with Crippen molar-refractivity contribution in [3.63, 3.8) is 0 Å². The maximum atomic E-state index is 12.1. The first-order valence-electron chi connectivity index (χ1n) is 9.23. The van der Waals surface area contributed by atoms with Gasteiger partial charge in [0.05, 0.1) is 6.26 Å². The minimum Gasteiger partial charge on any atom is -0.461 e. The molecule has 0 radical (unpaired) electrons. The Morgan fingerprint density at radius 1 is 1.00 bits per heavy atom. The summed E-state index contributed by atoms with van der Waals surface area (Å²) in [5, 5.41) is 20.9. The van der Waals surface area contributed by atoms with Gasteiger partial charge in [0.15, 0.2) is 17.3 Å². The maximum Gasteiger partial charge on any atom is 0.273 e. The van der Waals surface area contributed by atoms with E-state index in [4.69, 9.17) is 8.94 Å². The number of nitrogens with one attached hydrogen (secondary N) is 3. The van der Waals surface area contributed by atoms with Crippen LogP contribution in [0.3, 0.4) is 0 Å². The van der Waals surface area contributed by atoms with E-state index in [1.54, 1.807) is 30.5 Å². The van der Waals surface area contributed by atoms with Gasteiger partial charge >= 0.3 is 0 Å². The average molecular weight is 405 g/mol. The fourth-order valence-corrected chi connectivity index (χ4v) is 2.60. The Labute approximate surface area is 171 Å². The predicted molar refractivity (Wildman–Crippen MR) is 109 cm³/mol. The summed E-state index contributed by atoms with van der Waals surface area (Å²) in [6, 6.07) is 12.4. The third kappa shape index (κ3) is 4.79. The zero-order valence-corrected chi connectivity index (χ0v) is 16.1. The first-order chi connectivity index (χ1) is 14.7. The standard InChI is InChI=1S/C20H19N7O3/c1-13-6-7-21-19(11-13)24-18-5-4-17(25-26-18)22-8-9-23-20(28)14-12-16(30-27-14)15-3-2-10-29-15/h2-7,10-12H,8-9H2,1H3,(H,22,25)(H,23,28)(H,21,24,26). The lowest BCUT2D eigenvalue weighted by Crippen LogP contribution is -2.29. The van der Waals surface area contributed by atoms with E-state index in [1.807, 2.05) is 19.1 Å². The van der Waals surface area contributed by atoms with E-state index in [9.17, 15) is 4.79 Å². The van der Waals surface area contributed by atoms with Gasteiger partial charge in [0.2, 0.25) is 5.76 Å². The van der Waals surface area contributed by atoms with E-state index in [0.717, 1.165) is 5.56 Å². The largest absolute Gasteiger partial charge is 0.461 e. The Morgan fingerprint density at radius 3 is 2.63 bits per heavy atom. The molecule has 4 aromatic heterocycles. The number of amides is 1. The molecular weight excluding hydrogens is 386 g/mol. The van der Waals surface area contributed by atoms with Gasteiger partial charge in [-0.1, -0.05) is 5.16 Å². The van der Waals surface area contributed by atoms with Gasteiger partial charge in [-0.15, -0.1) is 10.2 Å². The topological polar surface area (TPSA) is 131 Å². The molecule has 0 aromatic carbocycles. The second kappa shape index (κ2) is 8.86. The van der Waals surface area contributed by atoms with E-state index < -0.39 is 0 Å². The summed E-state index contributed by atoms with van der Waals surface area (Å²) in [4.78, 5) is 16.4. The lowest BCUT2D eigenvalue weighted by molar-refractivity contribution is 0.0946. The van der Waals surface area contributed by atoms with Crippen molar-refractivity contribution in [3.05, 3.63) is 66.2 Å². The van der Waals surface area contributed by atoms with E-state index in [0.29, 0.717) is 42.1 Å². The van der Waals surface area contributed by atoms with Crippen molar-refractivity contribution >= 4 is 23.4 Å². The monoisotopic (exact) mass is 405 g/mol. The van der Waals surface area contributed by atoms with Crippen LogP contribution in [-0.4, -0.2) is 39.3 Å². The van der Waals surface area contributed by atoms with Gasteiger partial charge in [0.25, 0.3) is 5.91 Å². The van der Waals surface area contributed by atoms with Crippen LogP contribution in [0.5, 0.6) is 0 Å². The van der Waals surface area contributed by atoms with Crippen molar-refractivity contribution in [1.82, 2.24) is 25.7 Å². The van der Waals surface area contributed by atoms with E-state index in [1.165, 1.54) is 12.3 Å². The Bertz CT molecular complexity index is 1110. The number of carbonyl (C=O) groups excluding carboxylic acids is 1. The highest BCUT2D eigenvalue weighted by Gasteiger charge is 2.14. The van der Waals surface area contributed by atoms with Crippen LogP contribution in [0.15, 0.2) is 63.9 Å². The third-order valence-corrected chi connectivity index (χ3v) is 4.06. The number of aromatic nitrogens is 4. The summed E-state index contributed by atoms with van der Waals surface area (Å²) in [7, 11) is 0. The minimum absolute atomic E-state index is 0.182. The molecule has 152 valence electrons. The fraction of sp³-hybridized carbons (Fsp3) is 0.150. The zero-order valence-electron chi connectivity index (χ0n) is 16.1.